The number of carbonyl (C=O) groups is 2. The van der Waals surface area contributed by atoms with Gasteiger partial charge in [-0.25, -0.2) is 0 Å². The van der Waals surface area contributed by atoms with E-state index >= 15 is 0 Å². The largest absolute Gasteiger partial charge is 2.00 e. The predicted octanol–water partition coefficient (Wildman–Crippen LogP) is 4.44. The van der Waals surface area contributed by atoms with Gasteiger partial charge < -0.3 is 30.4 Å². The topological polar surface area (TPSA) is 104 Å². The van der Waals surface area contributed by atoms with E-state index in [2.05, 4.69) is 10.6 Å². The smallest absolute Gasteiger partial charge is 0.545 e. The molecule has 0 atom stereocenters. The average molecular weight is 521 g/mol. The van der Waals surface area contributed by atoms with E-state index in [9.17, 15) is 19.8 Å². The predicted molar refractivity (Wildman–Crippen MR) is 146 cm³/mol. The molecule has 0 bridgehead atoms. The first-order chi connectivity index (χ1) is 17.2. The van der Waals surface area contributed by atoms with Crippen molar-refractivity contribution in [2.75, 3.05) is 10.6 Å². The molecule has 7 heteroatoms. The third-order valence-electron chi connectivity index (χ3n) is 6.04. The van der Waals surface area contributed by atoms with E-state index in [1.165, 1.54) is 12.1 Å². The summed E-state index contributed by atoms with van der Waals surface area (Å²) < 4.78 is 0. The number of para-hydroxylation sites is 2. The van der Waals surface area contributed by atoms with Crippen molar-refractivity contribution >= 4 is 72.4 Å². The van der Waals surface area contributed by atoms with E-state index < -0.39 is 11.9 Å². The van der Waals surface area contributed by atoms with Crippen LogP contribution in [0.25, 0.3) is 0 Å². The molecule has 0 aliphatic rings. The molecule has 4 rings (SSSR count). The van der Waals surface area contributed by atoms with Gasteiger partial charge in [0, 0.05) is 33.9 Å². The van der Waals surface area contributed by atoms with Crippen LogP contribution < -0.4 is 20.8 Å². The monoisotopic (exact) mass is 520 g/mol. The Morgan fingerprint density at radius 2 is 0.838 bits per heavy atom. The van der Waals surface area contributed by atoms with Crippen molar-refractivity contribution in [3.8, 4) is 0 Å². The number of hydrogen-bond donors (Lipinski definition) is 2. The summed E-state index contributed by atoms with van der Waals surface area (Å²) in [5, 5.41) is 28.3. The first kappa shape index (κ1) is 29.9. The summed E-state index contributed by atoms with van der Waals surface area (Å²) in [5.41, 5.74) is 7.76. The fraction of sp³-hybridized carbons (Fsp3) is 0.133. The summed E-state index contributed by atoms with van der Waals surface area (Å²) in [6, 6.07) is 25.2. The number of carboxylic acids is 2. The average Bonchev–Trinajstić information content (AvgIpc) is 2.86. The van der Waals surface area contributed by atoms with Crippen LogP contribution in [0.15, 0.2) is 84.9 Å². The van der Waals surface area contributed by atoms with E-state index in [0.29, 0.717) is 11.4 Å². The second-order valence-corrected chi connectivity index (χ2v) is 8.41. The third-order valence-corrected chi connectivity index (χ3v) is 6.04. The van der Waals surface area contributed by atoms with Crippen LogP contribution in [0, 0.1) is 27.7 Å². The minimum atomic E-state index is -1.18. The van der Waals surface area contributed by atoms with E-state index in [4.69, 9.17) is 0 Å². The van der Waals surface area contributed by atoms with Crippen LogP contribution in [0.1, 0.15) is 43.0 Å². The molecule has 184 valence electrons. The number of benzene rings is 4. The summed E-state index contributed by atoms with van der Waals surface area (Å²) in [4.78, 5) is 22.0. The minimum Gasteiger partial charge on any atom is -0.545 e. The SMILES string of the molecule is Cc1cccc(Nc2ccccc2C(=O)[O-])c1C.Cc1cccc(Nc2ccccc2C(=O)[O-])c1C.[Ca+2]. The zero-order valence-corrected chi connectivity index (χ0v) is 23.6. The second-order valence-electron chi connectivity index (χ2n) is 8.41. The van der Waals surface area contributed by atoms with Gasteiger partial charge in [0.15, 0.2) is 0 Å². The van der Waals surface area contributed by atoms with Crippen molar-refractivity contribution in [2.45, 2.75) is 27.7 Å². The fourth-order valence-electron chi connectivity index (χ4n) is 3.60. The van der Waals surface area contributed by atoms with Gasteiger partial charge >= 0.3 is 37.7 Å². The Kier molecular flexibility index (Phi) is 11.2. The molecule has 0 aromatic heterocycles. The second kappa shape index (κ2) is 13.8. The van der Waals surface area contributed by atoms with Gasteiger partial charge in [0.05, 0.1) is 11.9 Å². The Morgan fingerprint density at radius 3 is 1.19 bits per heavy atom. The molecule has 0 aliphatic heterocycles. The summed E-state index contributed by atoms with van der Waals surface area (Å²) in [6.07, 6.45) is 0. The van der Waals surface area contributed by atoms with E-state index in [1.54, 1.807) is 36.4 Å². The Balaban J connectivity index is 0.000000253. The standard InChI is InChI=1S/2C15H15NO2.Ca/c2*1-10-6-5-9-13(11(10)2)16-14-8-4-3-7-12(14)15(17)18;/h2*3-9,16H,1-2H3,(H,17,18);/q;;+2/p-2. The van der Waals surface area contributed by atoms with E-state index in [0.717, 1.165) is 33.6 Å². The van der Waals surface area contributed by atoms with Crippen LogP contribution >= 0.6 is 0 Å². The number of nitrogens with one attached hydrogen (secondary N) is 2. The molecule has 0 fully saturated rings. The number of aromatic carboxylic acids is 2. The molecule has 0 unspecified atom stereocenters. The Morgan fingerprint density at radius 1 is 0.514 bits per heavy atom. The Bertz CT molecular complexity index is 1300. The van der Waals surface area contributed by atoms with Crippen LogP contribution in [0.5, 0.6) is 0 Å². The number of anilines is 4. The Labute approximate surface area is 247 Å². The maximum Gasteiger partial charge on any atom is 2.00 e. The molecule has 0 heterocycles. The van der Waals surface area contributed by atoms with Gasteiger partial charge in [-0.3, -0.25) is 0 Å². The molecule has 0 spiro atoms. The molecule has 37 heavy (non-hydrogen) atoms. The quantitative estimate of drug-likeness (QED) is 0.364. The number of aryl methyl sites for hydroxylation is 2. The molecule has 0 aliphatic carbocycles. The molecule has 0 amide bonds. The minimum absolute atomic E-state index is 0. The number of rotatable bonds is 6. The summed E-state index contributed by atoms with van der Waals surface area (Å²) in [5.74, 6) is -2.35. The molecular formula is C30H28CaN2O4. The van der Waals surface area contributed by atoms with Gasteiger partial charge in [0.1, 0.15) is 0 Å². The van der Waals surface area contributed by atoms with E-state index in [-0.39, 0.29) is 48.9 Å². The van der Waals surface area contributed by atoms with Gasteiger partial charge in [-0.15, -0.1) is 0 Å². The maximum absolute atomic E-state index is 11.0. The molecule has 4 aromatic carbocycles. The van der Waals surface area contributed by atoms with Gasteiger partial charge in [-0.2, -0.15) is 0 Å². The van der Waals surface area contributed by atoms with Crippen LogP contribution in [-0.2, 0) is 0 Å². The fourth-order valence-corrected chi connectivity index (χ4v) is 3.60. The van der Waals surface area contributed by atoms with Crippen molar-refractivity contribution < 1.29 is 19.8 Å². The molecule has 0 saturated carbocycles. The summed E-state index contributed by atoms with van der Waals surface area (Å²) >= 11 is 0. The summed E-state index contributed by atoms with van der Waals surface area (Å²) in [6.45, 7) is 8.04. The molecular weight excluding hydrogens is 492 g/mol. The van der Waals surface area contributed by atoms with Gasteiger partial charge in [-0.1, -0.05) is 60.7 Å². The van der Waals surface area contributed by atoms with Crippen LogP contribution in [0.2, 0.25) is 0 Å². The van der Waals surface area contributed by atoms with Crippen molar-refractivity contribution in [3.63, 3.8) is 0 Å². The molecule has 0 saturated heterocycles. The van der Waals surface area contributed by atoms with Gasteiger partial charge in [0.2, 0.25) is 0 Å². The molecule has 6 nitrogen and oxygen atoms in total. The van der Waals surface area contributed by atoms with Crippen LogP contribution in [0.3, 0.4) is 0 Å². The van der Waals surface area contributed by atoms with Crippen molar-refractivity contribution in [1.29, 1.82) is 0 Å². The van der Waals surface area contributed by atoms with E-state index in [1.807, 2.05) is 64.1 Å². The first-order valence-electron chi connectivity index (χ1n) is 11.5. The Hall–Kier alpha value is -3.32. The number of carboxylic acid groups (broad SMARTS) is 2. The van der Waals surface area contributed by atoms with Crippen molar-refractivity contribution in [1.82, 2.24) is 0 Å². The van der Waals surface area contributed by atoms with Crippen LogP contribution in [-0.4, -0.2) is 49.7 Å². The zero-order valence-electron chi connectivity index (χ0n) is 21.4. The summed E-state index contributed by atoms with van der Waals surface area (Å²) in [7, 11) is 0. The first-order valence-corrected chi connectivity index (χ1v) is 11.5. The zero-order chi connectivity index (χ0) is 26.2. The van der Waals surface area contributed by atoms with Crippen molar-refractivity contribution in [2.24, 2.45) is 0 Å². The molecule has 4 aromatic rings. The number of hydrogen-bond acceptors (Lipinski definition) is 6. The van der Waals surface area contributed by atoms with Crippen molar-refractivity contribution in [3.05, 3.63) is 118 Å². The number of carbonyl (C=O) groups excluding carboxylic acids is 2. The molecule has 2 N–H and O–H groups in total. The van der Waals surface area contributed by atoms with Crippen LogP contribution in [0.4, 0.5) is 22.7 Å². The third kappa shape index (κ3) is 7.83. The molecule has 0 radical (unpaired) electrons. The van der Waals surface area contributed by atoms with Gasteiger partial charge in [0.25, 0.3) is 0 Å². The normalized spacial score (nSPS) is 9.84. The van der Waals surface area contributed by atoms with Gasteiger partial charge in [-0.05, 0) is 74.2 Å². The maximum atomic E-state index is 11.0.